The van der Waals surface area contributed by atoms with Gasteiger partial charge < -0.3 is 10.4 Å². The van der Waals surface area contributed by atoms with E-state index in [2.05, 4.69) is 41.7 Å². The fraction of sp³-hybridized carbons (Fsp3) is 0.667. The molecule has 0 fully saturated rings. The van der Waals surface area contributed by atoms with E-state index >= 15 is 0 Å². The van der Waals surface area contributed by atoms with E-state index < -0.39 is 0 Å². The van der Waals surface area contributed by atoms with Crippen LogP contribution in [0.5, 0.6) is 0 Å². The number of aromatic nitrogens is 2. The van der Waals surface area contributed by atoms with Crippen molar-refractivity contribution in [1.29, 1.82) is 0 Å². The number of thiazole rings is 1. The Kier molecular flexibility index (Phi) is 5.18. The quantitative estimate of drug-likeness (QED) is 0.826. The Morgan fingerprint density at radius 1 is 1.35 bits per heavy atom. The Morgan fingerprint density at radius 2 is 2.05 bits per heavy atom. The number of rotatable bonds is 7. The third-order valence-electron chi connectivity index (χ3n) is 3.98. The number of aryl methyl sites for hydroxylation is 2. The highest BCUT2D eigenvalue weighted by Gasteiger charge is 2.16. The summed E-state index contributed by atoms with van der Waals surface area (Å²) in [4.78, 5) is 6.90. The number of nitrogens with zero attached hydrogens (tertiary/aromatic N) is 2. The van der Waals surface area contributed by atoms with Gasteiger partial charge in [0.05, 0.1) is 17.5 Å². The maximum Gasteiger partial charge on any atom is 0.194 e. The first-order valence-electron chi connectivity index (χ1n) is 7.39. The lowest BCUT2D eigenvalue weighted by molar-refractivity contribution is 0.101. The molecule has 5 heteroatoms. The Labute approximate surface area is 124 Å². The summed E-state index contributed by atoms with van der Waals surface area (Å²) < 4.78 is 2.16. The molecule has 0 aromatic carbocycles. The van der Waals surface area contributed by atoms with E-state index in [1.165, 1.54) is 10.6 Å². The summed E-state index contributed by atoms with van der Waals surface area (Å²) in [7, 11) is 0. The van der Waals surface area contributed by atoms with Crippen LogP contribution in [0.4, 0.5) is 0 Å². The first-order chi connectivity index (χ1) is 9.56. The van der Waals surface area contributed by atoms with Gasteiger partial charge in [0.25, 0.3) is 0 Å². The molecule has 2 heterocycles. The molecule has 0 saturated heterocycles. The number of fused-ring (bicyclic) bond motifs is 1. The van der Waals surface area contributed by atoms with Gasteiger partial charge in [-0.25, -0.2) is 4.98 Å². The first-order valence-corrected chi connectivity index (χ1v) is 8.21. The molecular formula is C15H25N3OS. The van der Waals surface area contributed by atoms with Crippen molar-refractivity contribution in [2.75, 3.05) is 6.54 Å². The van der Waals surface area contributed by atoms with Crippen molar-refractivity contribution < 1.29 is 5.11 Å². The van der Waals surface area contributed by atoms with Crippen LogP contribution in [-0.2, 0) is 6.54 Å². The van der Waals surface area contributed by atoms with Gasteiger partial charge >= 0.3 is 0 Å². The molecule has 0 aliphatic heterocycles. The van der Waals surface area contributed by atoms with Crippen LogP contribution in [0.1, 0.15) is 43.0 Å². The molecule has 1 atom stereocenters. The molecule has 112 valence electrons. The van der Waals surface area contributed by atoms with Gasteiger partial charge in [-0.3, -0.25) is 4.40 Å². The standard InChI is InChI=1S/C15H25N3OS/c1-5-12(6-2)14(19)8-16-7-13-11(4)17-15-18(13)9-10(3)20-15/h9,12,14,16,19H,5-8H2,1-4H3. The van der Waals surface area contributed by atoms with Crippen LogP contribution in [-0.4, -0.2) is 27.1 Å². The van der Waals surface area contributed by atoms with E-state index in [1.807, 2.05) is 6.92 Å². The fourth-order valence-electron chi connectivity index (χ4n) is 2.66. The molecule has 1 unspecified atom stereocenters. The maximum atomic E-state index is 10.1. The first kappa shape index (κ1) is 15.5. The smallest absolute Gasteiger partial charge is 0.194 e. The third-order valence-corrected chi connectivity index (χ3v) is 4.88. The Balaban J connectivity index is 1.97. The number of nitrogens with one attached hydrogen (secondary N) is 1. The predicted octanol–water partition coefficient (Wildman–Crippen LogP) is 2.90. The van der Waals surface area contributed by atoms with Crippen LogP contribution in [0.25, 0.3) is 4.96 Å². The zero-order valence-electron chi connectivity index (χ0n) is 12.8. The molecule has 0 aliphatic carbocycles. The maximum absolute atomic E-state index is 10.1. The molecule has 0 spiro atoms. The molecule has 4 nitrogen and oxygen atoms in total. The Hall–Kier alpha value is -0.910. The average molecular weight is 295 g/mol. The zero-order valence-corrected chi connectivity index (χ0v) is 13.6. The molecule has 2 aromatic rings. The molecule has 0 aliphatic rings. The lowest BCUT2D eigenvalue weighted by Gasteiger charge is -2.20. The normalized spacial score (nSPS) is 13.5. The minimum Gasteiger partial charge on any atom is -0.392 e. The second kappa shape index (κ2) is 6.70. The van der Waals surface area contributed by atoms with Crippen LogP contribution in [0.3, 0.4) is 0 Å². The number of aliphatic hydroxyl groups excluding tert-OH is 1. The Bertz CT molecular complexity index is 557. The van der Waals surface area contributed by atoms with E-state index in [0.29, 0.717) is 12.5 Å². The average Bonchev–Trinajstić information content (AvgIpc) is 2.88. The van der Waals surface area contributed by atoms with Crippen molar-refractivity contribution >= 4 is 16.3 Å². The van der Waals surface area contributed by atoms with Crippen molar-refractivity contribution in [3.8, 4) is 0 Å². The topological polar surface area (TPSA) is 49.6 Å². The van der Waals surface area contributed by atoms with Crippen molar-refractivity contribution in [3.63, 3.8) is 0 Å². The fourth-order valence-corrected chi connectivity index (χ4v) is 3.55. The van der Waals surface area contributed by atoms with Gasteiger partial charge in [0.1, 0.15) is 0 Å². The minimum absolute atomic E-state index is 0.266. The largest absolute Gasteiger partial charge is 0.392 e. The summed E-state index contributed by atoms with van der Waals surface area (Å²) in [5.41, 5.74) is 2.27. The molecule has 0 radical (unpaired) electrons. The number of aliphatic hydroxyl groups is 1. The van der Waals surface area contributed by atoms with Gasteiger partial charge in [-0.05, 0) is 19.8 Å². The monoisotopic (exact) mass is 295 g/mol. The van der Waals surface area contributed by atoms with Gasteiger partial charge in [0.15, 0.2) is 4.96 Å². The lowest BCUT2D eigenvalue weighted by atomic mass is 9.96. The Morgan fingerprint density at radius 3 is 2.70 bits per heavy atom. The zero-order chi connectivity index (χ0) is 14.7. The SMILES string of the molecule is CCC(CC)C(O)CNCc1c(C)nc2sc(C)cn12. The predicted molar refractivity (Wildman–Crippen MR) is 84.3 cm³/mol. The molecular weight excluding hydrogens is 270 g/mol. The number of hydrogen-bond donors (Lipinski definition) is 2. The summed E-state index contributed by atoms with van der Waals surface area (Å²) in [5, 5.41) is 13.5. The van der Waals surface area contributed by atoms with E-state index in [1.54, 1.807) is 11.3 Å². The molecule has 0 saturated carbocycles. The van der Waals surface area contributed by atoms with Crippen LogP contribution in [0, 0.1) is 19.8 Å². The van der Waals surface area contributed by atoms with Gasteiger partial charge in [-0.1, -0.05) is 26.7 Å². The summed E-state index contributed by atoms with van der Waals surface area (Å²) >= 11 is 1.71. The minimum atomic E-state index is -0.266. The van der Waals surface area contributed by atoms with E-state index in [9.17, 15) is 5.11 Å². The highest BCUT2D eigenvalue weighted by atomic mass is 32.1. The van der Waals surface area contributed by atoms with Crippen molar-refractivity contribution in [3.05, 3.63) is 22.5 Å². The van der Waals surface area contributed by atoms with Crippen molar-refractivity contribution in [2.24, 2.45) is 5.92 Å². The van der Waals surface area contributed by atoms with Crippen LogP contribution >= 0.6 is 11.3 Å². The molecule has 20 heavy (non-hydrogen) atoms. The van der Waals surface area contributed by atoms with E-state index in [4.69, 9.17) is 0 Å². The summed E-state index contributed by atoms with van der Waals surface area (Å²) in [6.45, 7) is 9.81. The highest BCUT2D eigenvalue weighted by molar-refractivity contribution is 7.17. The van der Waals surface area contributed by atoms with Gasteiger partial charge in [0.2, 0.25) is 0 Å². The molecule has 2 aromatic heterocycles. The van der Waals surface area contributed by atoms with Crippen molar-refractivity contribution in [2.45, 2.75) is 53.2 Å². The molecule has 2 N–H and O–H groups in total. The van der Waals surface area contributed by atoms with E-state index in [-0.39, 0.29) is 6.10 Å². The van der Waals surface area contributed by atoms with Crippen LogP contribution in [0.2, 0.25) is 0 Å². The summed E-state index contributed by atoms with van der Waals surface area (Å²) in [6, 6.07) is 0. The van der Waals surface area contributed by atoms with Crippen molar-refractivity contribution in [1.82, 2.24) is 14.7 Å². The van der Waals surface area contributed by atoms with E-state index in [0.717, 1.165) is 30.0 Å². The van der Waals surface area contributed by atoms with Crippen LogP contribution in [0.15, 0.2) is 6.20 Å². The second-order valence-corrected chi connectivity index (χ2v) is 6.63. The summed E-state index contributed by atoms with van der Waals surface area (Å²) in [6.07, 6.45) is 3.92. The third kappa shape index (κ3) is 3.22. The van der Waals surface area contributed by atoms with Gasteiger partial charge in [-0.2, -0.15) is 0 Å². The van der Waals surface area contributed by atoms with Gasteiger partial charge in [-0.15, -0.1) is 11.3 Å². The highest BCUT2D eigenvalue weighted by Crippen LogP contribution is 2.20. The lowest BCUT2D eigenvalue weighted by Crippen LogP contribution is -2.32. The number of imidazole rings is 1. The summed E-state index contributed by atoms with van der Waals surface area (Å²) in [5.74, 6) is 0.387. The molecule has 2 rings (SSSR count). The second-order valence-electron chi connectivity index (χ2n) is 5.41. The molecule has 0 bridgehead atoms. The number of hydrogen-bond acceptors (Lipinski definition) is 4. The molecule has 0 amide bonds. The van der Waals surface area contributed by atoms with Gasteiger partial charge in [0, 0.05) is 24.2 Å². The van der Waals surface area contributed by atoms with Crippen LogP contribution < -0.4 is 5.32 Å².